The summed E-state index contributed by atoms with van der Waals surface area (Å²) < 4.78 is 0. The van der Waals surface area contributed by atoms with Crippen LogP contribution in [-0.2, 0) is 6.54 Å². The van der Waals surface area contributed by atoms with Crippen LogP contribution in [0.15, 0.2) is 60.9 Å². The zero-order valence-corrected chi connectivity index (χ0v) is 22.2. The summed E-state index contributed by atoms with van der Waals surface area (Å²) in [4.78, 5) is 26.4. The van der Waals surface area contributed by atoms with Crippen molar-refractivity contribution < 1.29 is 4.79 Å². The molecule has 6 nitrogen and oxygen atoms in total. The minimum Gasteiger partial charge on any atom is -0.364 e. The molecule has 0 saturated carbocycles. The molecule has 1 aliphatic rings. The second-order valence-corrected chi connectivity index (χ2v) is 10.1. The molecule has 1 unspecified atom stereocenters. The number of para-hydroxylation sites is 1. The topological polar surface area (TPSA) is 61.4 Å². The third-order valence-electron chi connectivity index (χ3n) is 7.17. The Morgan fingerprint density at radius 3 is 2.58 bits per heavy atom. The molecule has 1 atom stereocenters. The number of aryl methyl sites for hydroxylation is 2. The van der Waals surface area contributed by atoms with E-state index in [0.29, 0.717) is 35.0 Å². The highest BCUT2D eigenvalue weighted by Crippen LogP contribution is 2.26. The van der Waals surface area contributed by atoms with Crippen molar-refractivity contribution in [1.29, 1.82) is 0 Å². The predicted molar refractivity (Wildman–Crippen MR) is 147 cm³/mol. The number of likely N-dealkylation sites (tertiary alicyclic amines) is 1. The largest absolute Gasteiger partial charge is 0.364 e. The number of carbonyl (C=O) groups excluding carboxylic acids is 1. The Hall–Kier alpha value is -2.96. The van der Waals surface area contributed by atoms with Crippen molar-refractivity contribution in [2.24, 2.45) is 0 Å². The number of rotatable bonds is 9. The highest BCUT2D eigenvalue weighted by atomic mass is 35.5. The number of carbonyl (C=O) groups is 1. The third-order valence-corrected chi connectivity index (χ3v) is 7.36. The first-order valence-corrected chi connectivity index (χ1v) is 13.2. The van der Waals surface area contributed by atoms with Gasteiger partial charge in [-0.3, -0.25) is 9.78 Å². The number of benzene rings is 1. The van der Waals surface area contributed by atoms with Crippen LogP contribution < -0.4 is 10.2 Å². The van der Waals surface area contributed by atoms with Gasteiger partial charge in [-0.1, -0.05) is 35.9 Å². The van der Waals surface area contributed by atoms with E-state index < -0.39 is 0 Å². The molecule has 1 fully saturated rings. The summed E-state index contributed by atoms with van der Waals surface area (Å²) in [5, 5.41) is 3.50. The molecule has 0 aliphatic carbocycles. The SMILES string of the molecule is Cc1cc(Cl)nc(C)c1C(=O)NCCC(C)N1CCC(N(Cc2cccnc2)c2ccccc2)CC1. The van der Waals surface area contributed by atoms with Crippen molar-refractivity contribution in [2.45, 2.75) is 58.7 Å². The Bertz CT molecular complexity index is 1110. The van der Waals surface area contributed by atoms with Crippen molar-refractivity contribution >= 4 is 23.2 Å². The maximum Gasteiger partial charge on any atom is 0.253 e. The second-order valence-electron chi connectivity index (χ2n) is 9.71. The monoisotopic (exact) mass is 505 g/mol. The number of anilines is 1. The van der Waals surface area contributed by atoms with E-state index in [1.54, 1.807) is 6.07 Å². The second kappa shape index (κ2) is 12.3. The molecule has 0 spiro atoms. The summed E-state index contributed by atoms with van der Waals surface area (Å²) in [5.41, 5.74) is 4.64. The standard InChI is InChI=1S/C29H36ClN5O/c1-21-18-27(30)33-23(3)28(21)29(36)32-15-11-22(2)34-16-12-26(13-17-34)35(25-9-5-4-6-10-25)20-24-8-7-14-31-19-24/h4-10,14,18-19,22,26H,11-13,15-17,20H2,1-3H3,(H,32,36). The number of hydrogen-bond acceptors (Lipinski definition) is 5. The molecule has 190 valence electrons. The Labute approximate surface area is 219 Å². The van der Waals surface area contributed by atoms with Crippen LogP contribution in [0.3, 0.4) is 0 Å². The molecular weight excluding hydrogens is 470 g/mol. The molecule has 1 amide bonds. The molecule has 1 aromatic carbocycles. The number of nitrogens with one attached hydrogen (secondary N) is 1. The summed E-state index contributed by atoms with van der Waals surface area (Å²) in [7, 11) is 0. The van der Waals surface area contributed by atoms with Crippen LogP contribution >= 0.6 is 11.6 Å². The van der Waals surface area contributed by atoms with E-state index in [1.807, 2.05) is 32.3 Å². The molecule has 3 heterocycles. The highest BCUT2D eigenvalue weighted by molar-refractivity contribution is 6.29. The maximum atomic E-state index is 12.7. The summed E-state index contributed by atoms with van der Waals surface area (Å²) >= 11 is 6.01. The quantitative estimate of drug-likeness (QED) is 0.393. The van der Waals surface area contributed by atoms with Crippen molar-refractivity contribution in [3.8, 4) is 0 Å². The Morgan fingerprint density at radius 2 is 1.92 bits per heavy atom. The summed E-state index contributed by atoms with van der Waals surface area (Å²) in [6, 6.07) is 17.5. The molecule has 1 saturated heterocycles. The van der Waals surface area contributed by atoms with Crippen molar-refractivity contribution in [2.75, 3.05) is 24.5 Å². The third kappa shape index (κ3) is 6.62. The van der Waals surface area contributed by atoms with Gasteiger partial charge in [0.05, 0.1) is 11.3 Å². The summed E-state index contributed by atoms with van der Waals surface area (Å²) in [6.07, 6.45) is 6.92. The molecule has 36 heavy (non-hydrogen) atoms. The normalized spacial score (nSPS) is 15.4. The van der Waals surface area contributed by atoms with Crippen LogP contribution in [0.5, 0.6) is 0 Å². The van der Waals surface area contributed by atoms with E-state index in [0.717, 1.165) is 44.5 Å². The average Bonchev–Trinajstić information content (AvgIpc) is 2.88. The molecule has 3 aromatic rings. The number of amides is 1. The summed E-state index contributed by atoms with van der Waals surface area (Å²) in [5.74, 6) is -0.0750. The van der Waals surface area contributed by atoms with Crippen molar-refractivity contribution in [1.82, 2.24) is 20.2 Å². The predicted octanol–water partition coefficient (Wildman–Crippen LogP) is 5.43. The van der Waals surface area contributed by atoms with Crippen molar-refractivity contribution in [3.05, 3.63) is 88.5 Å². The zero-order chi connectivity index (χ0) is 25.5. The number of piperidine rings is 1. The molecular formula is C29H36ClN5O. The van der Waals surface area contributed by atoms with Gasteiger partial charge < -0.3 is 15.1 Å². The van der Waals surface area contributed by atoms with E-state index in [4.69, 9.17) is 11.6 Å². The lowest BCUT2D eigenvalue weighted by Crippen LogP contribution is -2.48. The lowest BCUT2D eigenvalue weighted by atomic mass is 9.99. The first kappa shape index (κ1) is 26.1. The fraction of sp³-hybridized carbons (Fsp3) is 0.414. The van der Waals surface area contributed by atoms with Gasteiger partial charge in [0.1, 0.15) is 5.15 Å². The number of aromatic nitrogens is 2. The van der Waals surface area contributed by atoms with E-state index >= 15 is 0 Å². The van der Waals surface area contributed by atoms with E-state index in [1.165, 1.54) is 11.3 Å². The lowest BCUT2D eigenvalue weighted by Gasteiger charge is -2.42. The maximum absolute atomic E-state index is 12.7. The zero-order valence-electron chi connectivity index (χ0n) is 21.5. The number of nitrogens with zero attached hydrogens (tertiary/aromatic N) is 4. The minimum atomic E-state index is -0.0750. The molecule has 7 heteroatoms. The summed E-state index contributed by atoms with van der Waals surface area (Å²) in [6.45, 7) is 9.59. The van der Waals surface area contributed by atoms with Gasteiger partial charge in [-0.25, -0.2) is 4.98 Å². The lowest BCUT2D eigenvalue weighted by molar-refractivity contribution is 0.0943. The van der Waals surface area contributed by atoms with Crippen LogP contribution in [-0.4, -0.2) is 52.5 Å². The minimum absolute atomic E-state index is 0.0750. The van der Waals surface area contributed by atoms with Crippen LogP contribution in [0.25, 0.3) is 0 Å². The van der Waals surface area contributed by atoms with E-state index in [9.17, 15) is 4.79 Å². The molecule has 4 rings (SSSR count). The van der Waals surface area contributed by atoms with Gasteiger partial charge in [-0.2, -0.15) is 0 Å². The molecule has 2 aromatic heterocycles. The Balaban J connectivity index is 1.30. The van der Waals surface area contributed by atoms with Crippen LogP contribution in [0.1, 0.15) is 53.4 Å². The van der Waals surface area contributed by atoms with Gasteiger partial charge >= 0.3 is 0 Å². The van der Waals surface area contributed by atoms with Gasteiger partial charge in [0.2, 0.25) is 0 Å². The molecule has 0 bridgehead atoms. The molecule has 1 N–H and O–H groups in total. The van der Waals surface area contributed by atoms with Crippen LogP contribution in [0, 0.1) is 13.8 Å². The first-order chi connectivity index (χ1) is 17.4. The first-order valence-electron chi connectivity index (χ1n) is 12.8. The smallest absolute Gasteiger partial charge is 0.253 e. The van der Waals surface area contributed by atoms with Crippen LogP contribution in [0.2, 0.25) is 5.15 Å². The highest BCUT2D eigenvalue weighted by Gasteiger charge is 2.27. The molecule has 0 radical (unpaired) electrons. The number of hydrogen-bond donors (Lipinski definition) is 1. The van der Waals surface area contributed by atoms with Gasteiger partial charge in [0.25, 0.3) is 5.91 Å². The van der Waals surface area contributed by atoms with E-state index in [-0.39, 0.29) is 5.91 Å². The fourth-order valence-electron chi connectivity index (χ4n) is 5.17. The Morgan fingerprint density at radius 1 is 1.17 bits per heavy atom. The fourth-order valence-corrected chi connectivity index (χ4v) is 5.46. The average molecular weight is 506 g/mol. The molecule has 1 aliphatic heterocycles. The van der Waals surface area contributed by atoms with Crippen LogP contribution in [0.4, 0.5) is 5.69 Å². The Kier molecular flexibility index (Phi) is 8.94. The number of pyridine rings is 2. The van der Waals surface area contributed by atoms with Gasteiger partial charge in [-0.15, -0.1) is 0 Å². The van der Waals surface area contributed by atoms with E-state index in [2.05, 4.69) is 68.4 Å². The van der Waals surface area contributed by atoms with Gasteiger partial charge in [0, 0.05) is 56.3 Å². The van der Waals surface area contributed by atoms with Gasteiger partial charge in [-0.05, 0) is 75.4 Å². The van der Waals surface area contributed by atoms with Gasteiger partial charge in [0.15, 0.2) is 0 Å². The number of halogens is 1. The van der Waals surface area contributed by atoms with Crippen molar-refractivity contribution in [3.63, 3.8) is 0 Å².